The maximum atomic E-state index is 13.1. The number of imidazole rings is 1. The fourth-order valence-electron chi connectivity index (χ4n) is 4.39. The highest BCUT2D eigenvalue weighted by molar-refractivity contribution is 9.10. The van der Waals surface area contributed by atoms with Crippen molar-refractivity contribution in [2.24, 2.45) is 0 Å². The van der Waals surface area contributed by atoms with Crippen molar-refractivity contribution in [3.8, 4) is 11.5 Å². The summed E-state index contributed by atoms with van der Waals surface area (Å²) < 4.78 is 52.9. The molecule has 0 aliphatic carbocycles. The predicted molar refractivity (Wildman–Crippen MR) is 124 cm³/mol. The molecule has 34 heavy (non-hydrogen) atoms. The molecule has 2 N–H and O–H groups in total. The van der Waals surface area contributed by atoms with Crippen LogP contribution in [0.3, 0.4) is 0 Å². The van der Waals surface area contributed by atoms with E-state index in [0.29, 0.717) is 47.3 Å². The largest absolute Gasteiger partial charge is 0.454 e. The van der Waals surface area contributed by atoms with Gasteiger partial charge in [-0.2, -0.15) is 13.2 Å². The Morgan fingerprint density at radius 1 is 1.18 bits per heavy atom. The van der Waals surface area contributed by atoms with Gasteiger partial charge in [0.25, 0.3) is 0 Å². The number of ether oxygens (including phenoxy) is 2. The number of nitrogens with two attached hydrogens (primary N) is 1. The van der Waals surface area contributed by atoms with Crippen LogP contribution in [0, 0.1) is 0 Å². The van der Waals surface area contributed by atoms with Crippen molar-refractivity contribution < 1.29 is 22.6 Å². The first-order chi connectivity index (χ1) is 16.3. The van der Waals surface area contributed by atoms with Crippen LogP contribution in [0.15, 0.2) is 33.0 Å². The van der Waals surface area contributed by atoms with Crippen LogP contribution >= 0.6 is 27.7 Å². The third-order valence-electron chi connectivity index (χ3n) is 5.97. The van der Waals surface area contributed by atoms with Gasteiger partial charge in [0.15, 0.2) is 33.6 Å². The minimum atomic E-state index is -4.22. The number of hydrogen-bond donors (Lipinski definition) is 1. The second kappa shape index (κ2) is 9.42. The summed E-state index contributed by atoms with van der Waals surface area (Å²) in [7, 11) is 0. The molecule has 0 saturated carbocycles. The number of benzene rings is 1. The van der Waals surface area contributed by atoms with E-state index >= 15 is 0 Å². The molecular formula is C21H22BrF3N6O2S. The fraction of sp³-hybridized carbons (Fsp3) is 0.476. The molecule has 1 atom stereocenters. The smallest absolute Gasteiger partial charge is 0.401 e. The lowest BCUT2D eigenvalue weighted by atomic mass is 9.99. The lowest BCUT2D eigenvalue weighted by Crippen LogP contribution is -2.45. The number of aromatic nitrogens is 4. The summed E-state index contributed by atoms with van der Waals surface area (Å²) in [5.41, 5.74) is 7.08. The van der Waals surface area contributed by atoms with Gasteiger partial charge >= 0.3 is 6.18 Å². The average molecular weight is 559 g/mol. The first-order valence-electron chi connectivity index (χ1n) is 10.8. The molecule has 2 aliphatic rings. The van der Waals surface area contributed by atoms with Crippen LogP contribution < -0.4 is 15.2 Å². The molecule has 0 bridgehead atoms. The van der Waals surface area contributed by atoms with Gasteiger partial charge in [-0.05, 0) is 53.9 Å². The minimum absolute atomic E-state index is 0.163. The average Bonchev–Trinajstić information content (AvgIpc) is 3.37. The van der Waals surface area contributed by atoms with Crippen molar-refractivity contribution in [2.45, 2.75) is 54.5 Å². The summed E-state index contributed by atoms with van der Waals surface area (Å²) in [6.45, 7) is 0.186. The van der Waals surface area contributed by atoms with Gasteiger partial charge < -0.3 is 19.8 Å². The van der Waals surface area contributed by atoms with E-state index in [2.05, 4.69) is 30.9 Å². The van der Waals surface area contributed by atoms with E-state index in [9.17, 15) is 13.2 Å². The Balaban J connectivity index is 1.44. The quantitative estimate of drug-likeness (QED) is 0.458. The van der Waals surface area contributed by atoms with E-state index in [1.807, 2.05) is 16.7 Å². The van der Waals surface area contributed by atoms with Crippen molar-refractivity contribution in [2.75, 3.05) is 25.6 Å². The number of alkyl halides is 3. The van der Waals surface area contributed by atoms with Gasteiger partial charge in [0.05, 0.1) is 6.54 Å². The molecule has 3 aromatic rings. The molecule has 8 nitrogen and oxygen atoms in total. The number of likely N-dealkylation sites (tertiary alicyclic amines) is 1. The molecule has 2 aliphatic heterocycles. The van der Waals surface area contributed by atoms with Crippen molar-refractivity contribution >= 4 is 44.7 Å². The first-order valence-corrected chi connectivity index (χ1v) is 12.4. The number of anilines is 1. The second-order valence-electron chi connectivity index (χ2n) is 8.24. The van der Waals surface area contributed by atoms with Gasteiger partial charge in [-0.3, -0.25) is 4.90 Å². The molecule has 2 aromatic heterocycles. The maximum absolute atomic E-state index is 13.1. The number of aryl methyl sites for hydroxylation is 1. The summed E-state index contributed by atoms with van der Waals surface area (Å²) in [6.07, 6.45) is 0.133. The van der Waals surface area contributed by atoms with Crippen LogP contribution in [0.4, 0.5) is 19.0 Å². The number of rotatable bonds is 6. The number of nitrogens with zero attached hydrogens (tertiary/aromatic N) is 5. The Morgan fingerprint density at radius 3 is 2.76 bits per heavy atom. The Bertz CT molecular complexity index is 1210. The van der Waals surface area contributed by atoms with Crippen LogP contribution in [-0.2, 0) is 6.54 Å². The summed E-state index contributed by atoms with van der Waals surface area (Å²) in [6, 6.07) is 3.53. The normalized spacial score (nSPS) is 18.6. The summed E-state index contributed by atoms with van der Waals surface area (Å²) in [5, 5.41) is 0.625. The third kappa shape index (κ3) is 4.91. The zero-order valence-electron chi connectivity index (χ0n) is 18.0. The van der Waals surface area contributed by atoms with E-state index in [1.165, 1.54) is 18.1 Å². The van der Waals surface area contributed by atoms with Crippen LogP contribution in [-0.4, -0.2) is 56.5 Å². The molecule has 1 fully saturated rings. The molecule has 182 valence electrons. The molecule has 1 saturated heterocycles. The van der Waals surface area contributed by atoms with Gasteiger partial charge in [-0.25, -0.2) is 15.0 Å². The van der Waals surface area contributed by atoms with Gasteiger partial charge in [0.2, 0.25) is 6.79 Å². The van der Waals surface area contributed by atoms with Crippen molar-refractivity contribution in [3.05, 3.63) is 22.9 Å². The number of nitrogen functional groups attached to an aromatic ring is 1. The zero-order valence-corrected chi connectivity index (χ0v) is 20.4. The monoisotopic (exact) mass is 558 g/mol. The van der Waals surface area contributed by atoms with E-state index in [1.54, 1.807) is 4.90 Å². The molecule has 0 spiro atoms. The van der Waals surface area contributed by atoms with E-state index in [4.69, 9.17) is 15.2 Å². The lowest BCUT2D eigenvalue weighted by molar-refractivity contribution is -0.153. The Kier molecular flexibility index (Phi) is 6.51. The maximum Gasteiger partial charge on any atom is 0.401 e. The molecule has 4 heterocycles. The van der Waals surface area contributed by atoms with Crippen LogP contribution in [0.5, 0.6) is 11.5 Å². The van der Waals surface area contributed by atoms with E-state index in [0.717, 1.165) is 28.6 Å². The summed E-state index contributed by atoms with van der Waals surface area (Å²) >= 11 is 4.96. The standard InChI is InChI=1S/C21H22BrF3N6O2S/c22-13-7-14-15(33-11-32-14)8-16(13)34-20-29-17-18(26)27-10-28-19(17)31(20)6-4-12-3-1-2-5-30(12)9-21(23,24)25/h7-8,10,12H,1-6,9,11H2,(H2,26,27,28). The Hall–Kier alpha value is -2.25. The van der Waals surface area contributed by atoms with Crippen molar-refractivity contribution in [1.29, 1.82) is 0 Å². The van der Waals surface area contributed by atoms with E-state index in [-0.39, 0.29) is 18.7 Å². The molecule has 13 heteroatoms. The van der Waals surface area contributed by atoms with Gasteiger partial charge in [0, 0.05) is 22.0 Å². The highest BCUT2D eigenvalue weighted by Gasteiger charge is 2.35. The molecule has 0 amide bonds. The molecule has 5 rings (SSSR count). The summed E-state index contributed by atoms with van der Waals surface area (Å²) in [4.78, 5) is 15.5. The van der Waals surface area contributed by atoms with E-state index < -0.39 is 12.7 Å². The third-order valence-corrected chi connectivity index (χ3v) is 7.94. The lowest BCUT2D eigenvalue weighted by Gasteiger charge is -2.36. The molecule has 1 unspecified atom stereocenters. The van der Waals surface area contributed by atoms with Gasteiger partial charge in [0.1, 0.15) is 6.33 Å². The van der Waals surface area contributed by atoms with Crippen molar-refractivity contribution in [1.82, 2.24) is 24.4 Å². The Labute approximate surface area is 206 Å². The molecule has 0 radical (unpaired) electrons. The highest BCUT2D eigenvalue weighted by Crippen LogP contribution is 2.43. The minimum Gasteiger partial charge on any atom is -0.454 e. The topological polar surface area (TPSA) is 91.3 Å². The highest BCUT2D eigenvalue weighted by atomic mass is 79.9. The van der Waals surface area contributed by atoms with Gasteiger partial charge in [-0.1, -0.05) is 18.2 Å². The van der Waals surface area contributed by atoms with Crippen molar-refractivity contribution in [3.63, 3.8) is 0 Å². The number of fused-ring (bicyclic) bond motifs is 2. The van der Waals surface area contributed by atoms with Crippen LogP contribution in [0.1, 0.15) is 25.7 Å². The van der Waals surface area contributed by atoms with Crippen LogP contribution in [0.2, 0.25) is 0 Å². The molecular weight excluding hydrogens is 537 g/mol. The Morgan fingerprint density at radius 2 is 1.97 bits per heavy atom. The number of piperidine rings is 1. The zero-order chi connectivity index (χ0) is 23.9. The predicted octanol–water partition coefficient (Wildman–Crippen LogP) is 4.86. The summed E-state index contributed by atoms with van der Waals surface area (Å²) in [5.74, 6) is 1.55. The second-order valence-corrected chi connectivity index (χ2v) is 10.1. The fourth-order valence-corrected chi connectivity index (χ4v) is 5.90. The first kappa shape index (κ1) is 23.5. The molecule has 1 aromatic carbocycles. The van der Waals surface area contributed by atoms with Crippen LogP contribution in [0.25, 0.3) is 11.2 Å². The van der Waals surface area contributed by atoms with Gasteiger partial charge in [-0.15, -0.1) is 0 Å². The SMILES string of the molecule is Nc1ncnc2c1nc(Sc1cc3c(cc1Br)OCO3)n2CCC1CCCCN1CC(F)(F)F. The number of hydrogen-bond acceptors (Lipinski definition) is 8. The number of halogens is 4.